The molecule has 0 aromatic rings. The number of amides is 1. The van der Waals surface area contributed by atoms with E-state index >= 15 is 0 Å². The van der Waals surface area contributed by atoms with Crippen LogP contribution in [0.4, 0.5) is 4.79 Å². The number of unbranched alkanes of at least 4 members (excludes halogenated alkanes) is 2. The molecule has 5 aliphatic heterocycles. The summed E-state index contributed by atoms with van der Waals surface area (Å²) < 4.78 is 39.5. The highest BCUT2D eigenvalue weighted by molar-refractivity contribution is 6.76. The highest BCUT2D eigenvalue weighted by Gasteiger charge is 2.64. The molecule has 11 heteroatoms. The van der Waals surface area contributed by atoms with Gasteiger partial charge in [0.05, 0.1) is 37.6 Å². The summed E-state index contributed by atoms with van der Waals surface area (Å²) in [5, 5.41) is 0. The molecule has 1 amide bonds. The number of nitrogens with zero attached hydrogens (tertiary/aromatic N) is 1. The van der Waals surface area contributed by atoms with Crippen LogP contribution >= 0.6 is 0 Å². The standard InChI is InChI=1S/C43H77NO8Si2/c1-29-23-36-40-37(27-43(52-40)34(6)22-30(2)28-44(43)41(46)48-19-21-54(10,11)12)51-42(25-29,50-36)26-33(5)39-32(4)24-31(3)35(49-39)16-14-13-15-17-38(45)47-18-20-53(7,8)9/h29-32,34-37,39-40H,5,13-28H2,1-4,6-12H3/t29-,30+,31+,32-,34-,35-,36+,37+,39-,40+,42-,43-/m0/s1. The molecule has 0 saturated carbocycles. The van der Waals surface area contributed by atoms with Crippen molar-refractivity contribution in [3.63, 3.8) is 0 Å². The summed E-state index contributed by atoms with van der Waals surface area (Å²) in [7, 11) is -2.54. The van der Waals surface area contributed by atoms with Crippen LogP contribution in [0.3, 0.4) is 0 Å². The minimum absolute atomic E-state index is 0.0602. The summed E-state index contributed by atoms with van der Waals surface area (Å²) in [5.74, 6) is 0.883. The van der Waals surface area contributed by atoms with Crippen LogP contribution in [0.25, 0.3) is 0 Å². The highest BCUT2D eigenvalue weighted by atomic mass is 28.3. The number of ether oxygens (including phenoxy) is 6. The van der Waals surface area contributed by atoms with Crippen LogP contribution in [0.15, 0.2) is 12.2 Å². The van der Waals surface area contributed by atoms with Crippen molar-refractivity contribution in [3.05, 3.63) is 12.2 Å². The molecule has 9 nitrogen and oxygen atoms in total. The molecule has 5 aliphatic rings. The van der Waals surface area contributed by atoms with E-state index in [2.05, 4.69) is 80.5 Å². The van der Waals surface area contributed by atoms with Crippen molar-refractivity contribution in [1.82, 2.24) is 4.90 Å². The molecule has 1 spiro atoms. The second-order valence-electron chi connectivity index (χ2n) is 20.9. The maximum Gasteiger partial charge on any atom is 0.412 e. The number of carbonyl (C=O) groups excluding carboxylic acids is 2. The third kappa shape index (κ3) is 11.0. The Morgan fingerprint density at radius 1 is 0.778 bits per heavy atom. The Labute approximate surface area is 330 Å². The summed E-state index contributed by atoms with van der Waals surface area (Å²) in [6, 6.07) is 1.96. The van der Waals surface area contributed by atoms with Crippen LogP contribution in [-0.4, -0.2) is 94.9 Å². The second-order valence-corrected chi connectivity index (χ2v) is 32.2. The van der Waals surface area contributed by atoms with Crippen LogP contribution in [0.5, 0.6) is 0 Å². The van der Waals surface area contributed by atoms with Crippen molar-refractivity contribution < 1.29 is 38.0 Å². The van der Waals surface area contributed by atoms with E-state index in [0.29, 0.717) is 62.7 Å². The summed E-state index contributed by atoms with van der Waals surface area (Å²) >= 11 is 0. The van der Waals surface area contributed by atoms with Gasteiger partial charge in [0.15, 0.2) is 11.5 Å². The number of rotatable bonds is 15. The highest BCUT2D eigenvalue weighted by Crippen LogP contribution is 2.55. The summed E-state index contributed by atoms with van der Waals surface area (Å²) in [5.41, 5.74) is 0.284. The third-order valence-electron chi connectivity index (χ3n) is 13.0. The predicted molar refractivity (Wildman–Crippen MR) is 220 cm³/mol. The van der Waals surface area contributed by atoms with E-state index in [9.17, 15) is 9.59 Å². The smallest absolute Gasteiger partial charge is 0.412 e. The van der Waals surface area contributed by atoms with E-state index in [1.807, 2.05) is 4.90 Å². The maximum absolute atomic E-state index is 13.8. The Balaban J connectivity index is 1.19. The van der Waals surface area contributed by atoms with Gasteiger partial charge in [-0.25, -0.2) is 4.79 Å². The van der Waals surface area contributed by atoms with Gasteiger partial charge < -0.3 is 28.4 Å². The van der Waals surface area contributed by atoms with Crippen LogP contribution in [-0.2, 0) is 33.2 Å². The van der Waals surface area contributed by atoms with E-state index < -0.39 is 27.7 Å². The van der Waals surface area contributed by atoms with E-state index in [0.717, 1.165) is 69.0 Å². The Morgan fingerprint density at radius 3 is 2.13 bits per heavy atom. The van der Waals surface area contributed by atoms with E-state index in [1.54, 1.807) is 0 Å². The predicted octanol–water partition coefficient (Wildman–Crippen LogP) is 10.0. The van der Waals surface area contributed by atoms with Gasteiger partial charge in [-0.2, -0.15) is 0 Å². The van der Waals surface area contributed by atoms with Crippen molar-refractivity contribution in [2.24, 2.45) is 29.6 Å². The SMILES string of the molecule is C=C(C[C@@]12C[C@@H](C)C[C@@H](O1)[C@H]1O[C@@]3(C[C@H]1O2)[C@@H](C)C[C@@H](C)CN3C(=O)OCC[Si](C)(C)C)[C@H]1O[C@@H](CCCCCC(=O)OCC[Si](C)(C)C)[C@H](C)C[C@@H]1C. The van der Waals surface area contributed by atoms with Gasteiger partial charge in [0.1, 0.15) is 6.10 Å². The molecule has 5 saturated heterocycles. The molecule has 0 N–H and O–H groups in total. The van der Waals surface area contributed by atoms with Gasteiger partial charge in [0.25, 0.3) is 0 Å². The lowest BCUT2D eigenvalue weighted by Crippen LogP contribution is -2.61. The Kier molecular flexibility index (Phi) is 14.4. The fraction of sp³-hybridized carbons (Fsp3) is 0.907. The van der Waals surface area contributed by atoms with Gasteiger partial charge in [-0.3, -0.25) is 9.69 Å². The number of carbonyl (C=O) groups is 2. The van der Waals surface area contributed by atoms with Crippen LogP contribution in [0.1, 0.15) is 105 Å². The minimum atomic E-state index is -1.35. The van der Waals surface area contributed by atoms with Crippen molar-refractivity contribution in [2.75, 3.05) is 19.8 Å². The van der Waals surface area contributed by atoms with Gasteiger partial charge in [0.2, 0.25) is 0 Å². The first-order chi connectivity index (χ1) is 25.2. The van der Waals surface area contributed by atoms with Gasteiger partial charge >= 0.3 is 12.1 Å². The van der Waals surface area contributed by atoms with Gasteiger partial charge in [-0.05, 0) is 73.4 Å². The Bertz CT molecular complexity index is 1300. The second kappa shape index (κ2) is 17.7. The molecule has 0 unspecified atom stereocenters. The van der Waals surface area contributed by atoms with Crippen molar-refractivity contribution in [3.8, 4) is 0 Å². The van der Waals surface area contributed by atoms with Gasteiger partial charge in [0, 0.05) is 54.3 Å². The number of hydrogen-bond acceptors (Lipinski definition) is 8. The van der Waals surface area contributed by atoms with Crippen LogP contribution in [0.2, 0.25) is 51.4 Å². The number of piperidine rings is 1. The molecule has 54 heavy (non-hydrogen) atoms. The first kappa shape index (κ1) is 43.9. The third-order valence-corrected chi connectivity index (χ3v) is 16.4. The van der Waals surface area contributed by atoms with E-state index in [1.165, 1.54) is 0 Å². The first-order valence-electron chi connectivity index (χ1n) is 21.7. The fourth-order valence-electron chi connectivity index (χ4n) is 10.1. The molecular weight excluding hydrogens is 715 g/mol. The molecule has 0 aromatic carbocycles. The van der Waals surface area contributed by atoms with E-state index in [4.69, 9.17) is 28.4 Å². The average Bonchev–Trinajstić information content (AvgIpc) is 3.41. The Morgan fingerprint density at radius 2 is 1.44 bits per heavy atom. The Hall–Kier alpha value is -1.25. The lowest BCUT2D eigenvalue weighted by molar-refractivity contribution is -0.366. The number of fused-ring (bicyclic) bond motifs is 4. The number of likely N-dealkylation sites (tertiary alicyclic amines) is 1. The minimum Gasteiger partial charge on any atom is -0.466 e. The topological polar surface area (TPSA) is 92.8 Å². The number of esters is 1. The number of hydrogen-bond donors (Lipinski definition) is 0. The van der Waals surface area contributed by atoms with Crippen molar-refractivity contribution >= 4 is 28.2 Å². The first-order valence-corrected chi connectivity index (χ1v) is 29.1. The summed E-state index contributed by atoms with van der Waals surface area (Å²) in [4.78, 5) is 28.0. The molecular formula is C43H77NO8Si2. The molecule has 0 aromatic heterocycles. The molecule has 5 rings (SSSR count). The molecule has 5 heterocycles. The molecule has 2 bridgehead atoms. The lowest BCUT2D eigenvalue weighted by Gasteiger charge is -2.52. The van der Waals surface area contributed by atoms with Crippen molar-refractivity contribution in [2.45, 2.75) is 199 Å². The molecule has 310 valence electrons. The largest absolute Gasteiger partial charge is 0.466 e. The average molecular weight is 792 g/mol. The summed E-state index contributed by atoms with van der Waals surface area (Å²) in [6.07, 6.45) is 8.72. The normalized spacial score (nSPS) is 38.2. The zero-order valence-electron chi connectivity index (χ0n) is 36.0. The molecule has 5 fully saturated rings. The monoisotopic (exact) mass is 792 g/mol. The molecule has 0 radical (unpaired) electrons. The summed E-state index contributed by atoms with van der Waals surface area (Å²) in [6.45, 7) is 31.5. The van der Waals surface area contributed by atoms with Crippen LogP contribution in [0, 0.1) is 29.6 Å². The molecule has 12 atom stereocenters. The molecule has 0 aliphatic carbocycles. The zero-order chi connectivity index (χ0) is 39.6. The van der Waals surface area contributed by atoms with Gasteiger partial charge in [-0.15, -0.1) is 0 Å². The fourth-order valence-corrected chi connectivity index (χ4v) is 11.5. The quantitative estimate of drug-likeness (QED) is 0.0701. The van der Waals surface area contributed by atoms with Crippen LogP contribution < -0.4 is 0 Å². The maximum atomic E-state index is 13.8. The van der Waals surface area contributed by atoms with Gasteiger partial charge in [-0.1, -0.05) is 93.3 Å². The van der Waals surface area contributed by atoms with E-state index in [-0.39, 0.29) is 48.5 Å². The lowest BCUT2D eigenvalue weighted by atomic mass is 9.78. The zero-order valence-corrected chi connectivity index (χ0v) is 38.0. The van der Waals surface area contributed by atoms with Crippen molar-refractivity contribution in [1.29, 1.82) is 0 Å².